The molecule has 3 aromatic rings. The number of rotatable bonds is 6. The normalized spacial score (nSPS) is 13.7. The quantitative estimate of drug-likeness (QED) is 0.597. The molecule has 3 N–H and O–H groups in total. The van der Waals surface area contributed by atoms with Crippen LogP contribution >= 0.6 is 11.3 Å². The van der Waals surface area contributed by atoms with Crippen LogP contribution in [0.3, 0.4) is 0 Å². The van der Waals surface area contributed by atoms with Crippen molar-refractivity contribution in [2.45, 2.75) is 19.3 Å². The van der Waals surface area contributed by atoms with Gasteiger partial charge in [-0.2, -0.15) is 0 Å². The monoisotopic (exact) mass is 393 g/mol. The van der Waals surface area contributed by atoms with Gasteiger partial charge in [-0.1, -0.05) is 30.3 Å². The standard InChI is InChI=1S/C21H23N5OS/c27-13-2-4-15-7-9-16(10-8-15)17-5-1-6-18(24-17)19-14-28-21(25-19)26-20-22-11-3-12-23-20/h1,5-10,14,27H,2-4,11-13H2,(H2,22,23,25,26). The van der Waals surface area contributed by atoms with E-state index in [1.54, 1.807) is 11.3 Å². The zero-order chi connectivity index (χ0) is 19.2. The number of anilines is 1. The number of hydrogen-bond donors (Lipinski definition) is 3. The molecule has 2 aromatic heterocycles. The van der Waals surface area contributed by atoms with Gasteiger partial charge in [0.1, 0.15) is 5.69 Å². The summed E-state index contributed by atoms with van der Waals surface area (Å²) in [5.74, 6) is 0.787. The van der Waals surface area contributed by atoms with Crippen molar-refractivity contribution < 1.29 is 5.11 Å². The number of nitrogens with one attached hydrogen (secondary N) is 2. The molecule has 28 heavy (non-hydrogen) atoms. The van der Waals surface area contributed by atoms with E-state index in [2.05, 4.69) is 44.9 Å². The molecule has 0 radical (unpaired) electrons. The molecule has 0 fully saturated rings. The summed E-state index contributed by atoms with van der Waals surface area (Å²) in [5.41, 5.74) is 4.93. The molecule has 0 aliphatic carbocycles. The lowest BCUT2D eigenvalue weighted by molar-refractivity contribution is 0.288. The van der Waals surface area contributed by atoms with Gasteiger partial charge in [-0.15, -0.1) is 11.3 Å². The maximum absolute atomic E-state index is 8.96. The van der Waals surface area contributed by atoms with E-state index in [0.717, 1.165) is 66.1 Å². The third-order valence-corrected chi connectivity index (χ3v) is 5.27. The van der Waals surface area contributed by atoms with E-state index in [9.17, 15) is 0 Å². The molecule has 0 atom stereocenters. The Hall–Kier alpha value is -2.77. The molecule has 0 unspecified atom stereocenters. The highest BCUT2D eigenvalue weighted by molar-refractivity contribution is 7.14. The van der Waals surface area contributed by atoms with Gasteiger partial charge >= 0.3 is 0 Å². The molecule has 1 aromatic carbocycles. The predicted molar refractivity (Wildman–Crippen MR) is 115 cm³/mol. The molecule has 4 rings (SSSR count). The van der Waals surface area contributed by atoms with Gasteiger partial charge in [0.05, 0.1) is 11.4 Å². The van der Waals surface area contributed by atoms with Gasteiger partial charge in [0.25, 0.3) is 0 Å². The highest BCUT2D eigenvalue weighted by atomic mass is 32.1. The Morgan fingerprint density at radius 2 is 1.89 bits per heavy atom. The van der Waals surface area contributed by atoms with Crippen molar-refractivity contribution in [3.05, 3.63) is 53.4 Å². The van der Waals surface area contributed by atoms with Crippen LogP contribution in [0.5, 0.6) is 0 Å². The number of guanidine groups is 1. The van der Waals surface area contributed by atoms with Gasteiger partial charge in [0.2, 0.25) is 0 Å². The second kappa shape index (κ2) is 8.95. The lowest BCUT2D eigenvalue weighted by Crippen LogP contribution is -2.35. The first-order valence-corrected chi connectivity index (χ1v) is 10.4. The molecule has 0 saturated heterocycles. The number of aliphatic imine (C=N–C) groups is 1. The Morgan fingerprint density at radius 1 is 1.04 bits per heavy atom. The third kappa shape index (κ3) is 4.55. The first-order valence-electron chi connectivity index (χ1n) is 9.50. The molecule has 7 heteroatoms. The number of benzene rings is 1. The predicted octanol–water partition coefficient (Wildman–Crippen LogP) is 3.56. The molecule has 0 spiro atoms. The van der Waals surface area contributed by atoms with Gasteiger partial charge in [0, 0.05) is 30.6 Å². The highest BCUT2D eigenvalue weighted by Gasteiger charge is 2.10. The number of aromatic nitrogens is 2. The third-order valence-electron chi connectivity index (χ3n) is 4.51. The highest BCUT2D eigenvalue weighted by Crippen LogP contribution is 2.26. The largest absolute Gasteiger partial charge is 0.396 e. The molecule has 1 aliphatic heterocycles. The van der Waals surface area contributed by atoms with Crippen molar-refractivity contribution in [1.29, 1.82) is 0 Å². The minimum Gasteiger partial charge on any atom is -0.396 e. The molecular weight excluding hydrogens is 370 g/mol. The van der Waals surface area contributed by atoms with Crippen LogP contribution < -0.4 is 10.6 Å². The van der Waals surface area contributed by atoms with Crippen LogP contribution in [0.15, 0.2) is 52.8 Å². The van der Waals surface area contributed by atoms with Crippen LogP contribution in [0, 0.1) is 0 Å². The first kappa shape index (κ1) is 18.6. The van der Waals surface area contributed by atoms with Gasteiger partial charge in [-0.3, -0.25) is 4.99 Å². The molecule has 3 heterocycles. The molecule has 1 aliphatic rings. The van der Waals surface area contributed by atoms with E-state index in [1.165, 1.54) is 5.56 Å². The van der Waals surface area contributed by atoms with Crippen LogP contribution in [0.1, 0.15) is 18.4 Å². The Balaban J connectivity index is 1.50. The molecule has 144 valence electrons. The summed E-state index contributed by atoms with van der Waals surface area (Å²) in [7, 11) is 0. The average Bonchev–Trinajstić information content (AvgIpc) is 3.22. The summed E-state index contributed by atoms with van der Waals surface area (Å²) in [4.78, 5) is 13.9. The van der Waals surface area contributed by atoms with Gasteiger partial charge < -0.3 is 15.7 Å². The zero-order valence-electron chi connectivity index (χ0n) is 15.6. The molecular formula is C21H23N5OS. The van der Waals surface area contributed by atoms with Gasteiger partial charge in [0.15, 0.2) is 11.1 Å². The van der Waals surface area contributed by atoms with Crippen molar-refractivity contribution in [3.8, 4) is 22.6 Å². The first-order chi connectivity index (χ1) is 13.8. The Kier molecular flexibility index (Phi) is 5.94. The van der Waals surface area contributed by atoms with Crippen molar-refractivity contribution in [3.63, 3.8) is 0 Å². The molecule has 0 amide bonds. The fraction of sp³-hybridized carbons (Fsp3) is 0.286. The SMILES string of the molecule is OCCCc1ccc(-c2cccc(-c3csc(NC4=NCCCN4)n3)n2)cc1. The van der Waals surface area contributed by atoms with E-state index < -0.39 is 0 Å². The summed E-state index contributed by atoms with van der Waals surface area (Å²) in [6, 6.07) is 14.4. The van der Waals surface area contributed by atoms with Crippen LogP contribution in [0.4, 0.5) is 5.13 Å². The Bertz CT molecular complexity index is 951. The van der Waals surface area contributed by atoms with Crippen molar-refractivity contribution in [1.82, 2.24) is 15.3 Å². The topological polar surface area (TPSA) is 82.4 Å². The Morgan fingerprint density at radius 3 is 2.68 bits per heavy atom. The van der Waals surface area contributed by atoms with Crippen LogP contribution in [-0.2, 0) is 6.42 Å². The summed E-state index contributed by atoms with van der Waals surface area (Å²) in [6.45, 7) is 2.00. The molecule has 0 bridgehead atoms. The molecule has 0 saturated carbocycles. The number of nitrogens with zero attached hydrogens (tertiary/aromatic N) is 3. The van der Waals surface area contributed by atoms with Gasteiger partial charge in [-0.05, 0) is 37.0 Å². The van der Waals surface area contributed by atoms with Crippen LogP contribution in [0.25, 0.3) is 22.6 Å². The fourth-order valence-electron chi connectivity index (χ4n) is 3.03. The maximum atomic E-state index is 8.96. The minimum atomic E-state index is 0.221. The van der Waals surface area contributed by atoms with Crippen molar-refractivity contribution in [2.75, 3.05) is 25.0 Å². The number of aryl methyl sites for hydroxylation is 1. The van der Waals surface area contributed by atoms with E-state index in [1.807, 2.05) is 23.6 Å². The van der Waals surface area contributed by atoms with Gasteiger partial charge in [-0.25, -0.2) is 9.97 Å². The second-order valence-electron chi connectivity index (χ2n) is 6.61. The van der Waals surface area contributed by atoms with E-state index >= 15 is 0 Å². The number of aliphatic hydroxyl groups excluding tert-OH is 1. The van der Waals surface area contributed by atoms with E-state index in [-0.39, 0.29) is 6.61 Å². The lowest BCUT2D eigenvalue weighted by Gasteiger charge is -2.14. The van der Waals surface area contributed by atoms with Crippen molar-refractivity contribution >= 4 is 22.4 Å². The second-order valence-corrected chi connectivity index (χ2v) is 7.46. The number of pyridine rings is 1. The zero-order valence-corrected chi connectivity index (χ0v) is 16.4. The summed E-state index contributed by atoms with van der Waals surface area (Å²) >= 11 is 1.55. The smallest absolute Gasteiger partial charge is 0.197 e. The van der Waals surface area contributed by atoms with E-state index in [0.29, 0.717) is 0 Å². The van der Waals surface area contributed by atoms with Crippen molar-refractivity contribution in [2.24, 2.45) is 4.99 Å². The summed E-state index contributed by atoms with van der Waals surface area (Å²) in [5, 5.41) is 18.3. The average molecular weight is 394 g/mol. The lowest BCUT2D eigenvalue weighted by atomic mass is 10.1. The molecule has 6 nitrogen and oxygen atoms in total. The fourth-order valence-corrected chi connectivity index (χ4v) is 3.73. The maximum Gasteiger partial charge on any atom is 0.197 e. The summed E-state index contributed by atoms with van der Waals surface area (Å²) < 4.78 is 0. The number of thiazole rings is 1. The number of hydrogen-bond acceptors (Lipinski definition) is 7. The minimum absolute atomic E-state index is 0.221. The number of aliphatic hydroxyl groups is 1. The van der Waals surface area contributed by atoms with Crippen LogP contribution in [-0.4, -0.2) is 40.7 Å². The Labute approximate surface area is 168 Å². The summed E-state index contributed by atoms with van der Waals surface area (Å²) in [6.07, 6.45) is 2.74. The van der Waals surface area contributed by atoms with E-state index in [4.69, 9.17) is 10.1 Å². The van der Waals surface area contributed by atoms with Crippen LogP contribution in [0.2, 0.25) is 0 Å².